The SMILES string of the molecule is CN1CC[C@H](C(=O)O)[C@@]12C(=O)Nc1ccc([N+](=O)[O-])cc12. The lowest BCUT2D eigenvalue weighted by Crippen LogP contribution is -2.50. The van der Waals surface area contributed by atoms with Crippen molar-refractivity contribution in [2.45, 2.75) is 12.0 Å². The van der Waals surface area contributed by atoms with E-state index in [0.717, 1.165) is 0 Å². The van der Waals surface area contributed by atoms with E-state index in [1.54, 1.807) is 11.9 Å². The quantitative estimate of drug-likeness (QED) is 0.615. The number of nitro groups is 1. The van der Waals surface area contributed by atoms with Crippen molar-refractivity contribution in [1.82, 2.24) is 4.90 Å². The van der Waals surface area contributed by atoms with Gasteiger partial charge in [-0.05, 0) is 19.5 Å². The number of nitrogens with one attached hydrogen (secondary N) is 1. The summed E-state index contributed by atoms with van der Waals surface area (Å²) in [6, 6.07) is 4.04. The second kappa shape index (κ2) is 4.26. The molecule has 8 nitrogen and oxygen atoms in total. The molecule has 110 valence electrons. The summed E-state index contributed by atoms with van der Waals surface area (Å²) in [7, 11) is 1.66. The number of carboxylic acids is 1. The summed E-state index contributed by atoms with van der Waals surface area (Å²) in [5.74, 6) is -2.44. The Kier molecular flexibility index (Phi) is 2.74. The van der Waals surface area contributed by atoms with Crippen molar-refractivity contribution >= 4 is 23.3 Å². The van der Waals surface area contributed by atoms with E-state index in [1.807, 2.05) is 0 Å². The van der Waals surface area contributed by atoms with Crippen molar-refractivity contribution in [3.05, 3.63) is 33.9 Å². The third kappa shape index (κ3) is 1.59. The van der Waals surface area contributed by atoms with Crippen LogP contribution in [0.25, 0.3) is 0 Å². The number of amides is 1. The molecule has 2 aliphatic rings. The zero-order valence-corrected chi connectivity index (χ0v) is 11.2. The molecule has 1 saturated heterocycles. The highest BCUT2D eigenvalue weighted by Gasteiger charge is 2.61. The molecule has 8 heteroatoms. The molecule has 2 atom stereocenters. The highest BCUT2D eigenvalue weighted by molar-refractivity contribution is 6.08. The molecular weight excluding hydrogens is 278 g/mol. The minimum atomic E-state index is -1.37. The molecule has 1 fully saturated rings. The van der Waals surface area contributed by atoms with Gasteiger partial charge in [0.05, 0.1) is 10.8 Å². The van der Waals surface area contributed by atoms with Crippen molar-refractivity contribution < 1.29 is 19.6 Å². The van der Waals surface area contributed by atoms with E-state index in [4.69, 9.17) is 0 Å². The molecule has 0 aliphatic carbocycles. The predicted octanol–water partition coefficient (Wildman–Crippen LogP) is 0.778. The molecule has 2 heterocycles. The standard InChI is InChI=1S/C13H13N3O5/c1-15-5-4-8(11(17)18)13(15)9-6-7(16(20)21)2-3-10(9)14-12(13)19/h2-3,6,8H,4-5H2,1H3,(H,14,19)(H,17,18)/t8-,13-/m1/s1. The monoisotopic (exact) mass is 291 g/mol. The lowest BCUT2D eigenvalue weighted by atomic mass is 9.79. The molecule has 2 aliphatic heterocycles. The Morgan fingerprint density at radius 1 is 1.57 bits per heavy atom. The van der Waals surface area contributed by atoms with Gasteiger partial charge in [0.15, 0.2) is 0 Å². The second-order valence-corrected chi connectivity index (χ2v) is 5.31. The lowest BCUT2D eigenvalue weighted by molar-refractivity contribution is -0.385. The summed E-state index contributed by atoms with van der Waals surface area (Å²) in [4.78, 5) is 36.1. The minimum Gasteiger partial charge on any atom is -0.481 e. The summed E-state index contributed by atoms with van der Waals surface area (Å²) in [5, 5.41) is 23.0. The number of likely N-dealkylation sites (tertiary alicyclic amines) is 1. The second-order valence-electron chi connectivity index (χ2n) is 5.31. The van der Waals surface area contributed by atoms with Crippen LogP contribution < -0.4 is 5.32 Å². The number of hydrogen-bond donors (Lipinski definition) is 2. The summed E-state index contributed by atoms with van der Waals surface area (Å²) in [5.41, 5.74) is -0.721. The topological polar surface area (TPSA) is 113 Å². The molecule has 3 rings (SSSR count). The number of anilines is 1. The Morgan fingerprint density at radius 2 is 2.29 bits per heavy atom. The largest absolute Gasteiger partial charge is 0.481 e. The Balaban J connectivity index is 2.25. The number of likely N-dealkylation sites (N-methyl/N-ethyl adjacent to an activating group) is 1. The highest BCUT2D eigenvalue weighted by Crippen LogP contribution is 2.50. The smallest absolute Gasteiger partial charge is 0.309 e. The van der Waals surface area contributed by atoms with E-state index in [0.29, 0.717) is 24.2 Å². The van der Waals surface area contributed by atoms with Crippen LogP contribution in [0.5, 0.6) is 0 Å². The summed E-state index contributed by atoms with van der Waals surface area (Å²) < 4.78 is 0. The molecule has 0 radical (unpaired) electrons. The van der Waals surface area contributed by atoms with Crippen LogP contribution in [-0.4, -0.2) is 40.4 Å². The van der Waals surface area contributed by atoms with Crippen LogP contribution in [0.2, 0.25) is 0 Å². The molecule has 0 unspecified atom stereocenters. The van der Waals surface area contributed by atoms with Gasteiger partial charge in [0.2, 0.25) is 0 Å². The summed E-state index contributed by atoms with van der Waals surface area (Å²) in [6.45, 7) is 0.437. The van der Waals surface area contributed by atoms with Gasteiger partial charge in [-0.25, -0.2) is 0 Å². The fourth-order valence-corrected chi connectivity index (χ4v) is 3.41. The van der Waals surface area contributed by atoms with Crippen LogP contribution >= 0.6 is 0 Å². The fourth-order valence-electron chi connectivity index (χ4n) is 3.41. The van der Waals surface area contributed by atoms with Crippen molar-refractivity contribution in [3.8, 4) is 0 Å². The maximum absolute atomic E-state index is 12.5. The molecular formula is C13H13N3O5. The first-order chi connectivity index (χ1) is 9.88. The Labute approximate surface area is 119 Å². The molecule has 1 spiro atoms. The molecule has 2 N–H and O–H groups in total. The third-order valence-electron chi connectivity index (χ3n) is 4.38. The Morgan fingerprint density at radius 3 is 2.90 bits per heavy atom. The number of hydrogen-bond acceptors (Lipinski definition) is 5. The highest BCUT2D eigenvalue weighted by atomic mass is 16.6. The number of carbonyl (C=O) groups is 2. The van der Waals surface area contributed by atoms with E-state index < -0.39 is 28.3 Å². The van der Waals surface area contributed by atoms with Crippen molar-refractivity contribution in [2.24, 2.45) is 5.92 Å². The zero-order valence-electron chi connectivity index (χ0n) is 11.2. The molecule has 21 heavy (non-hydrogen) atoms. The van der Waals surface area contributed by atoms with E-state index in [9.17, 15) is 24.8 Å². The average molecular weight is 291 g/mol. The first-order valence-corrected chi connectivity index (χ1v) is 6.43. The van der Waals surface area contributed by atoms with Crippen molar-refractivity contribution in [3.63, 3.8) is 0 Å². The van der Waals surface area contributed by atoms with E-state index in [2.05, 4.69) is 5.32 Å². The molecule has 0 saturated carbocycles. The molecule has 1 aromatic rings. The number of aliphatic carboxylic acids is 1. The lowest BCUT2D eigenvalue weighted by Gasteiger charge is -2.33. The molecule has 1 aromatic carbocycles. The van der Waals surface area contributed by atoms with Crippen LogP contribution in [0.3, 0.4) is 0 Å². The summed E-state index contributed by atoms with van der Waals surface area (Å²) in [6.07, 6.45) is 0.321. The van der Waals surface area contributed by atoms with E-state index >= 15 is 0 Å². The maximum atomic E-state index is 12.5. The van der Waals surface area contributed by atoms with Crippen LogP contribution in [0.1, 0.15) is 12.0 Å². The van der Waals surface area contributed by atoms with Crippen LogP contribution in [-0.2, 0) is 15.1 Å². The summed E-state index contributed by atoms with van der Waals surface area (Å²) >= 11 is 0. The number of rotatable bonds is 2. The van der Waals surface area contributed by atoms with Crippen molar-refractivity contribution in [1.29, 1.82) is 0 Å². The number of fused-ring (bicyclic) bond motifs is 2. The number of non-ortho nitro benzene ring substituents is 1. The molecule has 0 bridgehead atoms. The number of nitrogens with zero attached hydrogens (tertiary/aromatic N) is 2. The first kappa shape index (κ1) is 13.5. The third-order valence-corrected chi connectivity index (χ3v) is 4.38. The Bertz CT molecular complexity index is 674. The van der Waals surface area contributed by atoms with Crippen LogP contribution in [0.4, 0.5) is 11.4 Å². The predicted molar refractivity (Wildman–Crippen MR) is 71.8 cm³/mol. The average Bonchev–Trinajstić information content (AvgIpc) is 2.91. The molecule has 0 aromatic heterocycles. The van der Waals surface area contributed by atoms with Crippen LogP contribution in [0.15, 0.2) is 18.2 Å². The number of carbonyl (C=O) groups excluding carboxylic acids is 1. The van der Waals surface area contributed by atoms with Gasteiger partial charge in [-0.2, -0.15) is 0 Å². The van der Waals surface area contributed by atoms with Gasteiger partial charge < -0.3 is 10.4 Å². The van der Waals surface area contributed by atoms with Gasteiger partial charge in [0, 0.05) is 29.9 Å². The van der Waals surface area contributed by atoms with Gasteiger partial charge >= 0.3 is 5.97 Å². The first-order valence-electron chi connectivity index (χ1n) is 6.43. The minimum absolute atomic E-state index is 0.158. The number of nitro benzene ring substituents is 1. The van der Waals surface area contributed by atoms with Gasteiger partial charge in [0.1, 0.15) is 5.54 Å². The van der Waals surface area contributed by atoms with E-state index in [1.165, 1.54) is 18.2 Å². The van der Waals surface area contributed by atoms with E-state index in [-0.39, 0.29) is 5.69 Å². The van der Waals surface area contributed by atoms with Crippen molar-refractivity contribution in [2.75, 3.05) is 18.9 Å². The fraction of sp³-hybridized carbons (Fsp3) is 0.385. The van der Waals surface area contributed by atoms with Gasteiger partial charge in [-0.15, -0.1) is 0 Å². The number of carboxylic acid groups (broad SMARTS) is 1. The van der Waals surface area contributed by atoms with Gasteiger partial charge in [0.25, 0.3) is 11.6 Å². The van der Waals surface area contributed by atoms with Gasteiger partial charge in [-0.3, -0.25) is 24.6 Å². The van der Waals surface area contributed by atoms with Crippen LogP contribution in [0, 0.1) is 16.0 Å². The maximum Gasteiger partial charge on any atom is 0.309 e. The number of benzene rings is 1. The zero-order chi connectivity index (χ0) is 15.4. The molecule has 1 amide bonds. The van der Waals surface area contributed by atoms with Gasteiger partial charge in [-0.1, -0.05) is 0 Å². The normalized spacial score (nSPS) is 27.7. The Hall–Kier alpha value is -2.48.